The molecule has 2 amide bonds. The van der Waals surface area contributed by atoms with Crippen molar-refractivity contribution >= 4 is 28.5 Å². The van der Waals surface area contributed by atoms with Crippen LogP contribution >= 0.6 is 0 Å². The zero-order chi connectivity index (χ0) is 29.4. The van der Waals surface area contributed by atoms with E-state index >= 15 is 0 Å². The third-order valence-corrected chi connectivity index (χ3v) is 8.08. The summed E-state index contributed by atoms with van der Waals surface area (Å²) in [5.41, 5.74) is 4.11. The van der Waals surface area contributed by atoms with Crippen LogP contribution in [0.3, 0.4) is 0 Å². The molecular weight excluding hydrogens is 531 g/mol. The van der Waals surface area contributed by atoms with Crippen LogP contribution in [0.1, 0.15) is 62.6 Å². The third-order valence-electron chi connectivity index (χ3n) is 8.08. The lowest BCUT2D eigenvalue weighted by atomic mass is 9.84. The molecule has 0 saturated heterocycles. The summed E-state index contributed by atoms with van der Waals surface area (Å²) in [7, 11) is 0. The number of aliphatic carboxylic acids is 1. The van der Waals surface area contributed by atoms with Gasteiger partial charge in [-0.25, -0.2) is 9.59 Å². The van der Waals surface area contributed by atoms with Gasteiger partial charge in [0, 0.05) is 24.8 Å². The molecule has 0 aromatic heterocycles. The number of rotatable bonds is 6. The molecule has 3 N–H and O–H groups in total. The molecule has 3 aromatic rings. The minimum absolute atomic E-state index is 0.0325. The van der Waals surface area contributed by atoms with E-state index in [0.29, 0.717) is 0 Å². The van der Waals surface area contributed by atoms with Crippen LogP contribution in [-0.2, 0) is 11.2 Å². The summed E-state index contributed by atoms with van der Waals surface area (Å²) in [6, 6.07) is 23.8. The lowest BCUT2D eigenvalue weighted by Crippen LogP contribution is -2.44. The van der Waals surface area contributed by atoms with Crippen molar-refractivity contribution in [3.8, 4) is 0 Å². The Morgan fingerprint density at radius 1 is 0.976 bits per heavy atom. The minimum Gasteiger partial charge on any atom is -0.475 e. The third kappa shape index (κ3) is 8.38. The Bertz CT molecular complexity index is 1320. The van der Waals surface area contributed by atoms with Gasteiger partial charge in [-0.2, -0.15) is 13.2 Å². The number of benzene rings is 3. The summed E-state index contributed by atoms with van der Waals surface area (Å²) >= 11 is 0. The van der Waals surface area contributed by atoms with Crippen molar-refractivity contribution in [2.24, 2.45) is 5.92 Å². The van der Waals surface area contributed by atoms with Crippen molar-refractivity contribution in [2.45, 2.75) is 70.1 Å². The number of nitrogens with one attached hydrogen (secondary N) is 2. The Kier molecular flexibility index (Phi) is 10.1. The SMILES string of the molecule is CC(NC(=O)NC1CCC(CCN2CCCc3ccccc32)CC1)c1cccc2ccccc12.O=C(O)C(F)(F)F. The smallest absolute Gasteiger partial charge is 0.475 e. The van der Waals surface area contributed by atoms with E-state index in [-0.39, 0.29) is 18.1 Å². The maximum Gasteiger partial charge on any atom is 0.490 e. The highest BCUT2D eigenvalue weighted by atomic mass is 19.4. The molecule has 2 aliphatic rings. The number of alkyl halides is 3. The largest absolute Gasteiger partial charge is 0.490 e. The van der Waals surface area contributed by atoms with E-state index in [4.69, 9.17) is 9.90 Å². The van der Waals surface area contributed by atoms with Gasteiger partial charge in [-0.15, -0.1) is 0 Å². The number of aryl methyl sites for hydroxylation is 1. The van der Waals surface area contributed by atoms with Crippen LogP contribution < -0.4 is 15.5 Å². The number of hydrogen-bond donors (Lipinski definition) is 3. The van der Waals surface area contributed by atoms with Crippen LogP contribution in [-0.4, -0.2) is 42.4 Å². The number of para-hydroxylation sites is 1. The number of carboxylic acid groups (broad SMARTS) is 1. The summed E-state index contributed by atoms with van der Waals surface area (Å²) < 4.78 is 31.7. The molecule has 1 atom stereocenters. The molecule has 1 aliphatic heterocycles. The van der Waals surface area contributed by atoms with Crippen molar-refractivity contribution in [3.63, 3.8) is 0 Å². The van der Waals surface area contributed by atoms with Crippen molar-refractivity contribution in [1.82, 2.24) is 10.6 Å². The first-order valence-corrected chi connectivity index (χ1v) is 14.3. The standard InChI is InChI=1S/C30H37N3O.C2HF3O2/c1-22(27-13-6-10-24-8-2-4-12-28(24)27)31-30(34)32-26-17-15-23(16-18-26)19-21-33-20-7-11-25-9-3-5-14-29(25)33;3-2(4,5)1(6)7/h2-6,8-10,12-14,22-23,26H,7,11,15-21H2,1H3,(H2,31,32,34);(H,6,7). The average molecular weight is 570 g/mol. The zero-order valence-corrected chi connectivity index (χ0v) is 23.3. The first-order chi connectivity index (χ1) is 19.6. The van der Waals surface area contributed by atoms with Gasteiger partial charge in [-0.3, -0.25) is 0 Å². The number of carboxylic acids is 1. The second-order valence-electron chi connectivity index (χ2n) is 10.9. The number of fused-ring (bicyclic) bond motifs is 2. The lowest BCUT2D eigenvalue weighted by molar-refractivity contribution is -0.192. The van der Waals surface area contributed by atoms with Crippen LogP contribution in [0.25, 0.3) is 10.8 Å². The van der Waals surface area contributed by atoms with Crippen molar-refractivity contribution in [2.75, 3.05) is 18.0 Å². The normalized spacial score (nSPS) is 19.4. The van der Waals surface area contributed by atoms with E-state index in [1.165, 1.54) is 60.7 Å². The van der Waals surface area contributed by atoms with Crippen LogP contribution in [0.4, 0.5) is 23.7 Å². The highest BCUT2D eigenvalue weighted by Crippen LogP contribution is 2.31. The zero-order valence-electron chi connectivity index (χ0n) is 23.3. The number of carbonyl (C=O) groups excluding carboxylic acids is 1. The lowest BCUT2D eigenvalue weighted by Gasteiger charge is -2.34. The Morgan fingerprint density at radius 3 is 2.37 bits per heavy atom. The van der Waals surface area contributed by atoms with Crippen molar-refractivity contribution < 1.29 is 27.9 Å². The molecule has 1 heterocycles. The van der Waals surface area contributed by atoms with Gasteiger partial charge >= 0.3 is 18.2 Å². The molecule has 220 valence electrons. The monoisotopic (exact) mass is 569 g/mol. The molecular formula is C32H38F3N3O3. The number of anilines is 1. The van der Waals surface area contributed by atoms with Crippen LogP contribution in [0.5, 0.6) is 0 Å². The quantitative estimate of drug-likeness (QED) is 0.292. The molecule has 1 saturated carbocycles. The van der Waals surface area contributed by atoms with Gasteiger partial charge in [0.05, 0.1) is 6.04 Å². The maximum atomic E-state index is 12.7. The predicted octanol–water partition coefficient (Wildman–Crippen LogP) is 7.24. The number of urea groups is 1. The molecule has 0 spiro atoms. The number of nitrogens with zero attached hydrogens (tertiary/aromatic N) is 1. The summed E-state index contributed by atoms with van der Waals surface area (Å²) in [6.07, 6.45) is 3.23. The fraction of sp³-hybridized carbons (Fsp3) is 0.438. The van der Waals surface area contributed by atoms with Gasteiger partial charge in [0.15, 0.2) is 0 Å². The summed E-state index contributed by atoms with van der Waals surface area (Å²) in [5, 5.41) is 16.0. The average Bonchev–Trinajstić information content (AvgIpc) is 2.96. The Morgan fingerprint density at radius 2 is 1.63 bits per heavy atom. The van der Waals surface area contributed by atoms with E-state index in [1.807, 2.05) is 0 Å². The fourth-order valence-electron chi connectivity index (χ4n) is 5.91. The van der Waals surface area contributed by atoms with E-state index in [0.717, 1.165) is 30.9 Å². The van der Waals surface area contributed by atoms with Crippen molar-refractivity contribution in [1.29, 1.82) is 0 Å². The van der Waals surface area contributed by atoms with E-state index < -0.39 is 12.1 Å². The molecule has 41 heavy (non-hydrogen) atoms. The van der Waals surface area contributed by atoms with Crippen LogP contribution in [0.15, 0.2) is 66.7 Å². The first kappa shape index (κ1) is 30.2. The first-order valence-electron chi connectivity index (χ1n) is 14.3. The second kappa shape index (κ2) is 13.7. The number of hydrogen-bond acceptors (Lipinski definition) is 3. The second-order valence-corrected chi connectivity index (χ2v) is 10.9. The topological polar surface area (TPSA) is 81.7 Å². The van der Waals surface area contributed by atoms with E-state index in [9.17, 15) is 18.0 Å². The van der Waals surface area contributed by atoms with E-state index in [2.05, 4.69) is 89.2 Å². The van der Waals surface area contributed by atoms with Gasteiger partial charge in [-0.05, 0) is 85.8 Å². The molecule has 5 rings (SSSR count). The van der Waals surface area contributed by atoms with Crippen LogP contribution in [0.2, 0.25) is 0 Å². The molecule has 1 unspecified atom stereocenters. The molecule has 1 aliphatic carbocycles. The highest BCUT2D eigenvalue weighted by Gasteiger charge is 2.38. The number of amides is 2. The molecule has 0 radical (unpaired) electrons. The maximum absolute atomic E-state index is 12.7. The number of halogens is 3. The van der Waals surface area contributed by atoms with Crippen molar-refractivity contribution in [3.05, 3.63) is 77.9 Å². The Labute approximate surface area is 238 Å². The summed E-state index contributed by atoms with van der Waals surface area (Å²) in [5.74, 6) is -1.99. The fourth-order valence-corrected chi connectivity index (χ4v) is 5.91. The van der Waals surface area contributed by atoms with Gasteiger partial charge in [-0.1, -0.05) is 60.7 Å². The Hall–Kier alpha value is -3.75. The van der Waals surface area contributed by atoms with Gasteiger partial charge in [0.1, 0.15) is 0 Å². The molecule has 9 heteroatoms. The van der Waals surface area contributed by atoms with E-state index in [1.54, 1.807) is 0 Å². The molecule has 0 bridgehead atoms. The number of carbonyl (C=O) groups is 2. The molecule has 3 aromatic carbocycles. The molecule has 6 nitrogen and oxygen atoms in total. The van der Waals surface area contributed by atoms with Crippen LogP contribution in [0, 0.1) is 5.92 Å². The molecule has 1 fully saturated rings. The predicted molar refractivity (Wildman–Crippen MR) is 155 cm³/mol. The van der Waals surface area contributed by atoms with Gasteiger partial charge in [0.25, 0.3) is 0 Å². The van der Waals surface area contributed by atoms with Gasteiger partial charge in [0.2, 0.25) is 0 Å². The minimum atomic E-state index is -5.08. The Balaban J connectivity index is 0.000000493. The summed E-state index contributed by atoms with van der Waals surface area (Å²) in [6.45, 7) is 4.41. The summed E-state index contributed by atoms with van der Waals surface area (Å²) in [4.78, 5) is 24.2. The van der Waals surface area contributed by atoms with Gasteiger partial charge < -0.3 is 20.6 Å². The highest BCUT2D eigenvalue weighted by molar-refractivity contribution is 5.86.